The Bertz CT molecular complexity index is 398. The first-order valence-corrected chi connectivity index (χ1v) is 7.73. The van der Waals surface area contributed by atoms with E-state index in [1.807, 2.05) is 12.1 Å². The van der Waals surface area contributed by atoms with Gasteiger partial charge < -0.3 is 10.5 Å². The third-order valence-corrected chi connectivity index (χ3v) is 4.03. The summed E-state index contributed by atoms with van der Waals surface area (Å²) >= 11 is 0. The molecule has 1 aromatic rings. The van der Waals surface area contributed by atoms with E-state index >= 15 is 0 Å². The van der Waals surface area contributed by atoms with E-state index in [9.17, 15) is 0 Å². The fourth-order valence-electron chi connectivity index (χ4n) is 2.50. The van der Waals surface area contributed by atoms with Crippen LogP contribution >= 0.6 is 0 Å². The molecule has 0 saturated heterocycles. The lowest BCUT2D eigenvalue weighted by molar-refractivity contribution is 0.233. The van der Waals surface area contributed by atoms with Crippen molar-refractivity contribution in [1.29, 1.82) is 0 Å². The van der Waals surface area contributed by atoms with Gasteiger partial charge in [0.15, 0.2) is 0 Å². The Balaban J connectivity index is 1.91. The van der Waals surface area contributed by atoms with Gasteiger partial charge in [-0.25, -0.2) is 0 Å². The van der Waals surface area contributed by atoms with Crippen LogP contribution in [0.4, 0.5) is 0 Å². The molecule has 1 atom stereocenters. The van der Waals surface area contributed by atoms with Gasteiger partial charge >= 0.3 is 0 Å². The third kappa shape index (κ3) is 4.50. The molecule has 0 spiro atoms. The van der Waals surface area contributed by atoms with E-state index in [0.29, 0.717) is 0 Å². The summed E-state index contributed by atoms with van der Waals surface area (Å²) < 4.78 is 5.19. The molecule has 2 N–H and O–H groups in total. The highest BCUT2D eigenvalue weighted by molar-refractivity contribution is 5.29. The Kier molecular flexibility index (Phi) is 5.44. The fourth-order valence-corrected chi connectivity index (χ4v) is 2.50. The van der Waals surface area contributed by atoms with Crippen molar-refractivity contribution in [3.05, 3.63) is 29.8 Å². The summed E-state index contributed by atoms with van der Waals surface area (Å²) in [5.41, 5.74) is 7.57. The van der Waals surface area contributed by atoms with Gasteiger partial charge in [0, 0.05) is 18.6 Å². The van der Waals surface area contributed by atoms with Crippen LogP contribution in [0.1, 0.15) is 44.7 Å². The second kappa shape index (κ2) is 7.09. The smallest absolute Gasteiger partial charge is 0.118 e. The van der Waals surface area contributed by atoms with Crippen LogP contribution in [0.25, 0.3) is 0 Å². The minimum absolute atomic E-state index is 0.0914. The number of ether oxygens (including phenoxy) is 1. The van der Waals surface area contributed by atoms with Crippen molar-refractivity contribution < 1.29 is 4.74 Å². The Morgan fingerprint density at radius 2 is 1.90 bits per heavy atom. The molecular weight excluding hydrogens is 248 g/mol. The van der Waals surface area contributed by atoms with Gasteiger partial charge in [-0.15, -0.1) is 0 Å². The number of benzene rings is 1. The number of methoxy groups -OCH3 is 1. The van der Waals surface area contributed by atoms with Crippen molar-refractivity contribution in [2.75, 3.05) is 20.2 Å². The molecule has 1 aliphatic carbocycles. The zero-order valence-electron chi connectivity index (χ0n) is 13.0. The van der Waals surface area contributed by atoms with Gasteiger partial charge in [0.25, 0.3) is 0 Å². The molecule has 0 heterocycles. The van der Waals surface area contributed by atoms with Crippen molar-refractivity contribution >= 4 is 0 Å². The first kappa shape index (κ1) is 15.3. The summed E-state index contributed by atoms with van der Waals surface area (Å²) in [6.45, 7) is 6.71. The van der Waals surface area contributed by atoms with Gasteiger partial charge in [-0.1, -0.05) is 26.0 Å². The predicted molar refractivity (Wildman–Crippen MR) is 84.0 cm³/mol. The van der Waals surface area contributed by atoms with Crippen LogP contribution in [-0.4, -0.2) is 31.1 Å². The number of hydrogen-bond donors (Lipinski definition) is 1. The lowest BCUT2D eigenvalue weighted by atomic mass is 10.1. The largest absolute Gasteiger partial charge is 0.497 e. The molecule has 1 aliphatic rings. The van der Waals surface area contributed by atoms with Crippen molar-refractivity contribution in [3.8, 4) is 5.75 Å². The van der Waals surface area contributed by atoms with Gasteiger partial charge in [0.2, 0.25) is 0 Å². The van der Waals surface area contributed by atoms with Crippen molar-refractivity contribution in [2.45, 2.75) is 45.2 Å². The number of rotatable bonds is 8. The van der Waals surface area contributed by atoms with Crippen LogP contribution in [0.2, 0.25) is 0 Å². The minimum atomic E-state index is 0.0914. The second-order valence-electron chi connectivity index (χ2n) is 6.29. The van der Waals surface area contributed by atoms with E-state index in [-0.39, 0.29) is 6.04 Å². The SMILES string of the molecule is COc1ccc(C(N)CN(CCC(C)C)C2CC2)cc1. The van der Waals surface area contributed by atoms with Crippen LogP contribution in [0.5, 0.6) is 5.75 Å². The quantitative estimate of drug-likeness (QED) is 0.792. The maximum Gasteiger partial charge on any atom is 0.118 e. The zero-order chi connectivity index (χ0) is 14.5. The molecule has 0 radical (unpaired) electrons. The van der Waals surface area contributed by atoms with E-state index in [4.69, 9.17) is 10.5 Å². The Morgan fingerprint density at radius 3 is 2.40 bits per heavy atom. The highest BCUT2D eigenvalue weighted by Gasteiger charge is 2.29. The van der Waals surface area contributed by atoms with E-state index < -0.39 is 0 Å². The van der Waals surface area contributed by atoms with Gasteiger partial charge in [-0.3, -0.25) is 4.90 Å². The predicted octanol–water partition coefficient (Wildman–Crippen LogP) is 3.21. The summed E-state index contributed by atoms with van der Waals surface area (Å²) in [6, 6.07) is 9.01. The fraction of sp³-hybridized carbons (Fsp3) is 0.647. The highest BCUT2D eigenvalue weighted by atomic mass is 16.5. The lowest BCUT2D eigenvalue weighted by Gasteiger charge is -2.26. The molecule has 0 aliphatic heterocycles. The maximum atomic E-state index is 6.38. The molecule has 1 unspecified atom stereocenters. The summed E-state index contributed by atoms with van der Waals surface area (Å²) in [7, 11) is 1.69. The molecule has 3 heteroatoms. The first-order chi connectivity index (χ1) is 9.60. The first-order valence-electron chi connectivity index (χ1n) is 7.73. The standard InChI is InChI=1S/C17H28N2O/c1-13(2)10-11-19(15-6-7-15)12-17(18)14-4-8-16(20-3)9-5-14/h4-5,8-9,13,15,17H,6-7,10-12,18H2,1-3H3. The molecule has 1 aromatic carbocycles. The molecule has 2 rings (SSSR count). The van der Waals surface area contributed by atoms with Crippen LogP contribution in [0.3, 0.4) is 0 Å². The molecule has 3 nitrogen and oxygen atoms in total. The molecular formula is C17H28N2O. The van der Waals surface area contributed by atoms with Crippen molar-refractivity contribution in [3.63, 3.8) is 0 Å². The Morgan fingerprint density at radius 1 is 1.25 bits per heavy atom. The number of hydrogen-bond acceptors (Lipinski definition) is 3. The van der Waals surface area contributed by atoms with Gasteiger partial charge in [-0.05, 0) is 49.4 Å². The topological polar surface area (TPSA) is 38.5 Å². The number of nitrogens with two attached hydrogens (primary N) is 1. The zero-order valence-corrected chi connectivity index (χ0v) is 13.0. The van der Waals surface area contributed by atoms with Gasteiger partial charge in [0.1, 0.15) is 5.75 Å². The van der Waals surface area contributed by atoms with Gasteiger partial charge in [-0.2, -0.15) is 0 Å². The average Bonchev–Trinajstić information content (AvgIpc) is 3.27. The Hall–Kier alpha value is -1.06. The molecule has 0 amide bonds. The highest BCUT2D eigenvalue weighted by Crippen LogP contribution is 2.29. The van der Waals surface area contributed by atoms with Crippen LogP contribution in [-0.2, 0) is 0 Å². The Labute approximate surface area is 123 Å². The third-order valence-electron chi connectivity index (χ3n) is 4.03. The van der Waals surface area contributed by atoms with E-state index in [1.165, 1.54) is 31.4 Å². The molecule has 1 fully saturated rings. The molecule has 20 heavy (non-hydrogen) atoms. The minimum Gasteiger partial charge on any atom is -0.497 e. The second-order valence-corrected chi connectivity index (χ2v) is 6.29. The summed E-state index contributed by atoms with van der Waals surface area (Å²) in [5.74, 6) is 1.65. The van der Waals surface area contributed by atoms with Crippen LogP contribution in [0, 0.1) is 5.92 Å². The van der Waals surface area contributed by atoms with E-state index in [2.05, 4.69) is 30.9 Å². The average molecular weight is 276 g/mol. The van der Waals surface area contributed by atoms with Crippen LogP contribution in [0.15, 0.2) is 24.3 Å². The molecule has 0 bridgehead atoms. The summed E-state index contributed by atoms with van der Waals surface area (Å²) in [4.78, 5) is 2.58. The monoisotopic (exact) mass is 276 g/mol. The van der Waals surface area contributed by atoms with Gasteiger partial charge in [0.05, 0.1) is 7.11 Å². The van der Waals surface area contributed by atoms with E-state index in [0.717, 1.165) is 24.3 Å². The molecule has 0 aromatic heterocycles. The molecule has 1 saturated carbocycles. The van der Waals surface area contributed by atoms with E-state index in [1.54, 1.807) is 7.11 Å². The normalized spacial score (nSPS) is 16.7. The lowest BCUT2D eigenvalue weighted by Crippen LogP contribution is -2.35. The van der Waals surface area contributed by atoms with Crippen molar-refractivity contribution in [1.82, 2.24) is 4.90 Å². The van der Waals surface area contributed by atoms with Crippen LogP contribution < -0.4 is 10.5 Å². The number of nitrogens with zero attached hydrogens (tertiary/aromatic N) is 1. The van der Waals surface area contributed by atoms with Crippen molar-refractivity contribution in [2.24, 2.45) is 11.7 Å². The maximum absolute atomic E-state index is 6.38. The summed E-state index contributed by atoms with van der Waals surface area (Å²) in [5, 5.41) is 0. The summed E-state index contributed by atoms with van der Waals surface area (Å²) in [6.07, 6.45) is 3.94. The molecule has 112 valence electrons.